The molecule has 0 spiro atoms. The second kappa shape index (κ2) is 4.68. The SMILES string of the molecule is N#C[C@@H](CC(=O)S)c1ccccc1. The molecule has 1 aromatic carbocycles. The molecule has 0 heterocycles. The van der Waals surface area contributed by atoms with Crippen molar-refractivity contribution in [2.45, 2.75) is 12.3 Å². The Labute approximate surface area is 82.6 Å². The van der Waals surface area contributed by atoms with Crippen molar-refractivity contribution < 1.29 is 4.79 Å². The van der Waals surface area contributed by atoms with Crippen LogP contribution in [0.1, 0.15) is 17.9 Å². The van der Waals surface area contributed by atoms with Gasteiger partial charge in [-0.1, -0.05) is 30.3 Å². The Morgan fingerprint density at radius 1 is 1.46 bits per heavy atom. The van der Waals surface area contributed by atoms with E-state index in [1.807, 2.05) is 30.3 Å². The van der Waals surface area contributed by atoms with Gasteiger partial charge in [0.25, 0.3) is 0 Å². The number of nitrogens with zero attached hydrogens (tertiary/aromatic N) is 1. The van der Waals surface area contributed by atoms with Crippen LogP contribution in [0.25, 0.3) is 0 Å². The summed E-state index contributed by atoms with van der Waals surface area (Å²) in [5.74, 6) is -0.369. The maximum Gasteiger partial charge on any atom is 0.187 e. The molecule has 2 nitrogen and oxygen atoms in total. The number of hydrogen-bond donors (Lipinski definition) is 1. The summed E-state index contributed by atoms with van der Waals surface area (Å²) >= 11 is 3.65. The molecule has 3 heteroatoms. The fourth-order valence-corrected chi connectivity index (χ4v) is 1.28. The van der Waals surface area contributed by atoms with Gasteiger partial charge in [0.1, 0.15) is 0 Å². The Kier molecular flexibility index (Phi) is 3.53. The van der Waals surface area contributed by atoms with Crippen LogP contribution in [0.5, 0.6) is 0 Å². The second-order valence-electron chi connectivity index (χ2n) is 2.69. The Bertz CT molecular complexity index is 329. The van der Waals surface area contributed by atoms with Gasteiger partial charge in [-0.25, -0.2) is 0 Å². The number of hydrogen-bond acceptors (Lipinski definition) is 2. The lowest BCUT2D eigenvalue weighted by Crippen LogP contribution is -1.99. The Morgan fingerprint density at radius 2 is 2.08 bits per heavy atom. The zero-order valence-corrected chi connectivity index (χ0v) is 7.87. The van der Waals surface area contributed by atoms with Gasteiger partial charge in [-0.3, -0.25) is 4.79 Å². The van der Waals surface area contributed by atoms with E-state index in [9.17, 15) is 4.79 Å². The monoisotopic (exact) mass is 191 g/mol. The first-order chi connectivity index (χ1) is 6.24. The molecule has 0 fully saturated rings. The molecular weight excluding hydrogens is 182 g/mol. The van der Waals surface area contributed by atoms with Crippen molar-refractivity contribution in [3.05, 3.63) is 35.9 Å². The predicted octanol–water partition coefficient (Wildman–Crippen LogP) is 2.14. The highest BCUT2D eigenvalue weighted by Crippen LogP contribution is 2.19. The van der Waals surface area contributed by atoms with E-state index >= 15 is 0 Å². The first-order valence-electron chi connectivity index (χ1n) is 3.90. The molecule has 0 unspecified atom stereocenters. The van der Waals surface area contributed by atoms with Crippen LogP contribution in [0.3, 0.4) is 0 Å². The topological polar surface area (TPSA) is 40.9 Å². The molecule has 0 radical (unpaired) electrons. The third-order valence-electron chi connectivity index (χ3n) is 1.74. The van der Waals surface area contributed by atoms with Gasteiger partial charge in [0, 0.05) is 6.42 Å². The van der Waals surface area contributed by atoms with Crippen LogP contribution in [0, 0.1) is 11.3 Å². The predicted molar refractivity (Wildman–Crippen MR) is 53.4 cm³/mol. The van der Waals surface area contributed by atoms with Gasteiger partial charge in [-0.15, -0.1) is 12.6 Å². The number of rotatable bonds is 3. The quantitative estimate of drug-likeness (QED) is 0.743. The number of benzene rings is 1. The fourth-order valence-electron chi connectivity index (χ4n) is 1.10. The van der Waals surface area contributed by atoms with E-state index < -0.39 is 0 Å². The maximum atomic E-state index is 10.7. The molecule has 66 valence electrons. The summed E-state index contributed by atoms with van der Waals surface area (Å²) in [5.41, 5.74) is 0.868. The highest BCUT2D eigenvalue weighted by molar-refractivity contribution is 7.96. The van der Waals surface area contributed by atoms with Gasteiger partial charge in [-0.2, -0.15) is 5.26 Å². The molecule has 13 heavy (non-hydrogen) atoms. The molecule has 1 aromatic rings. The Balaban J connectivity index is 2.80. The molecule has 0 aromatic heterocycles. The minimum Gasteiger partial charge on any atom is -0.287 e. The van der Waals surface area contributed by atoms with E-state index in [1.54, 1.807) is 0 Å². The molecule has 0 amide bonds. The Hall–Kier alpha value is -1.27. The molecule has 0 N–H and O–H groups in total. The van der Waals surface area contributed by atoms with Crippen LogP contribution < -0.4 is 0 Å². The van der Waals surface area contributed by atoms with Gasteiger partial charge in [0.15, 0.2) is 5.12 Å². The first-order valence-corrected chi connectivity index (χ1v) is 4.35. The van der Waals surface area contributed by atoms with Crippen molar-refractivity contribution in [2.24, 2.45) is 0 Å². The van der Waals surface area contributed by atoms with Crippen LogP contribution >= 0.6 is 12.6 Å². The zero-order valence-electron chi connectivity index (χ0n) is 6.97. The molecule has 0 aliphatic heterocycles. The second-order valence-corrected chi connectivity index (χ2v) is 3.19. The largest absolute Gasteiger partial charge is 0.287 e. The van der Waals surface area contributed by atoms with Crippen LogP contribution in [0.2, 0.25) is 0 Å². The lowest BCUT2D eigenvalue weighted by atomic mass is 9.98. The molecular formula is C10H9NOS. The summed E-state index contributed by atoms with van der Waals surface area (Å²) in [4.78, 5) is 10.7. The van der Waals surface area contributed by atoms with E-state index in [0.29, 0.717) is 0 Å². The first kappa shape index (κ1) is 9.82. The summed E-state index contributed by atoms with van der Waals surface area (Å²) in [7, 11) is 0. The highest BCUT2D eigenvalue weighted by atomic mass is 32.1. The van der Waals surface area contributed by atoms with Gasteiger partial charge in [0.2, 0.25) is 0 Å². The summed E-state index contributed by atoms with van der Waals surface area (Å²) in [6, 6.07) is 11.3. The molecule has 0 aliphatic carbocycles. The molecule has 0 bridgehead atoms. The fraction of sp³-hybridized carbons (Fsp3) is 0.200. The highest BCUT2D eigenvalue weighted by Gasteiger charge is 2.12. The zero-order chi connectivity index (χ0) is 9.68. The lowest BCUT2D eigenvalue weighted by Gasteiger charge is -2.05. The summed E-state index contributed by atoms with van der Waals surface area (Å²) < 4.78 is 0. The summed E-state index contributed by atoms with van der Waals surface area (Å²) in [6.07, 6.45) is 0.170. The van der Waals surface area contributed by atoms with Crippen molar-refractivity contribution in [3.8, 4) is 6.07 Å². The van der Waals surface area contributed by atoms with Crippen molar-refractivity contribution in [2.75, 3.05) is 0 Å². The number of nitriles is 1. The average Bonchev–Trinajstić information content (AvgIpc) is 2.15. The van der Waals surface area contributed by atoms with Gasteiger partial charge in [0.05, 0.1) is 12.0 Å². The minimum absolute atomic E-state index is 0.170. The van der Waals surface area contributed by atoms with E-state index in [2.05, 4.69) is 18.7 Å². The minimum atomic E-state index is -0.369. The van der Waals surface area contributed by atoms with Crippen LogP contribution in [-0.2, 0) is 4.79 Å². The Morgan fingerprint density at radius 3 is 2.54 bits per heavy atom. The average molecular weight is 191 g/mol. The third-order valence-corrected chi connectivity index (χ3v) is 1.92. The molecule has 0 aliphatic rings. The van der Waals surface area contributed by atoms with Crippen LogP contribution in [0.4, 0.5) is 0 Å². The van der Waals surface area contributed by atoms with E-state index in [0.717, 1.165) is 5.56 Å². The normalized spacial score (nSPS) is 11.7. The van der Waals surface area contributed by atoms with Crippen molar-refractivity contribution >= 4 is 17.7 Å². The maximum absolute atomic E-state index is 10.7. The standard InChI is InChI=1S/C10H9NOS/c11-7-9(6-10(12)13)8-4-2-1-3-5-8/h1-5,9H,6H2,(H,12,13)/t9-/m1/s1. The van der Waals surface area contributed by atoms with Crippen molar-refractivity contribution in [1.29, 1.82) is 5.26 Å². The summed E-state index contributed by atoms with van der Waals surface area (Å²) in [6.45, 7) is 0. The molecule has 1 atom stereocenters. The van der Waals surface area contributed by atoms with E-state index in [-0.39, 0.29) is 17.5 Å². The lowest BCUT2D eigenvalue weighted by molar-refractivity contribution is -0.110. The van der Waals surface area contributed by atoms with Crippen molar-refractivity contribution in [3.63, 3.8) is 0 Å². The molecule has 1 rings (SSSR count). The summed E-state index contributed by atoms with van der Waals surface area (Å²) in [5, 5.41) is 8.54. The molecule has 0 saturated heterocycles. The van der Waals surface area contributed by atoms with Gasteiger partial charge in [-0.05, 0) is 5.56 Å². The van der Waals surface area contributed by atoms with Crippen LogP contribution in [0.15, 0.2) is 30.3 Å². The molecule has 0 saturated carbocycles. The number of thiol groups is 1. The van der Waals surface area contributed by atoms with Crippen molar-refractivity contribution in [1.82, 2.24) is 0 Å². The smallest absolute Gasteiger partial charge is 0.187 e. The number of carbonyl (C=O) groups excluding carboxylic acids is 1. The van der Waals surface area contributed by atoms with Crippen LogP contribution in [-0.4, -0.2) is 5.12 Å². The van der Waals surface area contributed by atoms with Gasteiger partial charge >= 0.3 is 0 Å². The third kappa shape index (κ3) is 2.92. The number of carbonyl (C=O) groups is 1. The van der Waals surface area contributed by atoms with Gasteiger partial charge < -0.3 is 0 Å². The van der Waals surface area contributed by atoms with E-state index in [4.69, 9.17) is 5.26 Å². The van der Waals surface area contributed by atoms with E-state index in [1.165, 1.54) is 0 Å².